The second-order valence-electron chi connectivity index (χ2n) is 4.14. The predicted molar refractivity (Wildman–Crippen MR) is 59.5 cm³/mol. The van der Waals surface area contributed by atoms with Crippen LogP contribution in [-0.4, -0.2) is 43.2 Å². The Morgan fingerprint density at radius 3 is 3.00 bits per heavy atom. The van der Waals surface area contributed by atoms with Gasteiger partial charge in [0.25, 0.3) is 5.91 Å². The lowest BCUT2D eigenvalue weighted by Gasteiger charge is -2.26. The average Bonchev–Trinajstić information content (AvgIpc) is 2.72. The maximum Gasteiger partial charge on any atom is 0.251 e. The lowest BCUT2D eigenvalue weighted by molar-refractivity contribution is -0.141. The van der Waals surface area contributed by atoms with Gasteiger partial charge in [0.05, 0.1) is 0 Å². The molecule has 0 spiro atoms. The molecule has 2 unspecified atom stereocenters. The first-order valence-electron chi connectivity index (χ1n) is 5.74. The molecule has 2 atom stereocenters. The van der Waals surface area contributed by atoms with Crippen molar-refractivity contribution in [1.82, 2.24) is 4.90 Å². The van der Waals surface area contributed by atoms with Gasteiger partial charge < -0.3 is 15.4 Å². The van der Waals surface area contributed by atoms with Gasteiger partial charge >= 0.3 is 0 Å². The minimum absolute atomic E-state index is 0.122. The van der Waals surface area contributed by atoms with Crippen molar-refractivity contribution < 1.29 is 9.53 Å². The molecule has 0 aromatic carbocycles. The van der Waals surface area contributed by atoms with Crippen LogP contribution in [0.25, 0.3) is 0 Å². The van der Waals surface area contributed by atoms with Crippen LogP contribution in [0.5, 0.6) is 0 Å². The molecular formula is C11H22N2O2. The smallest absolute Gasteiger partial charge is 0.251 e. The normalized spacial score (nSPS) is 23.1. The molecule has 0 aliphatic carbocycles. The number of methoxy groups -OCH3 is 1. The number of carbonyl (C=O) groups excluding carboxylic acids is 1. The van der Waals surface area contributed by atoms with E-state index in [4.69, 9.17) is 10.5 Å². The summed E-state index contributed by atoms with van der Waals surface area (Å²) in [5, 5.41) is 0. The van der Waals surface area contributed by atoms with Gasteiger partial charge in [0.15, 0.2) is 0 Å². The maximum atomic E-state index is 11.9. The summed E-state index contributed by atoms with van der Waals surface area (Å²) in [7, 11) is 1.58. The van der Waals surface area contributed by atoms with Gasteiger partial charge in [-0.25, -0.2) is 0 Å². The van der Waals surface area contributed by atoms with Crippen LogP contribution >= 0.6 is 0 Å². The molecule has 1 rings (SSSR count). The van der Waals surface area contributed by atoms with Gasteiger partial charge in [0.2, 0.25) is 0 Å². The van der Waals surface area contributed by atoms with Crippen LogP contribution in [0, 0.1) is 0 Å². The summed E-state index contributed by atoms with van der Waals surface area (Å²) >= 11 is 0. The summed E-state index contributed by atoms with van der Waals surface area (Å²) in [5.74, 6) is 0.122. The zero-order valence-corrected chi connectivity index (χ0v) is 9.74. The number of amides is 1. The molecule has 15 heavy (non-hydrogen) atoms. The summed E-state index contributed by atoms with van der Waals surface area (Å²) < 4.78 is 5.06. The van der Waals surface area contributed by atoms with Crippen molar-refractivity contribution in [2.24, 2.45) is 5.73 Å². The summed E-state index contributed by atoms with van der Waals surface area (Å²) in [6, 6.07) is 0.388. The molecule has 2 N–H and O–H groups in total. The summed E-state index contributed by atoms with van der Waals surface area (Å²) in [5.41, 5.74) is 5.49. The van der Waals surface area contributed by atoms with E-state index < -0.39 is 0 Å². The molecule has 0 radical (unpaired) electrons. The van der Waals surface area contributed by atoms with Gasteiger partial charge in [0, 0.05) is 19.7 Å². The van der Waals surface area contributed by atoms with E-state index in [2.05, 4.69) is 0 Å². The van der Waals surface area contributed by atoms with Crippen molar-refractivity contribution in [3.05, 3.63) is 0 Å². The van der Waals surface area contributed by atoms with Gasteiger partial charge in [0.1, 0.15) is 6.10 Å². The Labute approximate surface area is 91.8 Å². The topological polar surface area (TPSA) is 55.6 Å². The maximum absolute atomic E-state index is 11.9. The Hall–Kier alpha value is -0.610. The van der Waals surface area contributed by atoms with Crippen molar-refractivity contribution in [2.45, 2.75) is 44.8 Å². The highest BCUT2D eigenvalue weighted by Gasteiger charge is 2.30. The minimum Gasteiger partial charge on any atom is -0.372 e. The number of ether oxygens (including phenoxy) is 1. The minimum atomic E-state index is -0.316. The Kier molecular flexibility index (Phi) is 5.05. The first-order chi connectivity index (χ1) is 7.20. The van der Waals surface area contributed by atoms with Crippen molar-refractivity contribution in [1.29, 1.82) is 0 Å². The van der Waals surface area contributed by atoms with Crippen LogP contribution in [0.2, 0.25) is 0 Å². The molecule has 1 heterocycles. The first-order valence-corrected chi connectivity index (χ1v) is 5.74. The molecule has 4 heteroatoms. The second kappa shape index (κ2) is 6.08. The van der Waals surface area contributed by atoms with E-state index in [1.807, 2.05) is 4.90 Å². The molecule has 1 aliphatic heterocycles. The SMILES string of the molecule is COC(C)C(=O)N1CCCC1CCCN. The van der Waals surface area contributed by atoms with Gasteiger partial charge in [-0.1, -0.05) is 0 Å². The molecule has 1 saturated heterocycles. The van der Waals surface area contributed by atoms with E-state index in [0.29, 0.717) is 12.6 Å². The molecular weight excluding hydrogens is 192 g/mol. The molecule has 0 bridgehead atoms. The fourth-order valence-corrected chi connectivity index (χ4v) is 2.11. The average molecular weight is 214 g/mol. The van der Waals surface area contributed by atoms with Crippen molar-refractivity contribution >= 4 is 5.91 Å². The fraction of sp³-hybridized carbons (Fsp3) is 0.909. The third kappa shape index (κ3) is 3.18. The zero-order chi connectivity index (χ0) is 11.3. The fourth-order valence-electron chi connectivity index (χ4n) is 2.11. The Morgan fingerprint density at radius 1 is 1.67 bits per heavy atom. The van der Waals surface area contributed by atoms with Crippen molar-refractivity contribution in [3.8, 4) is 0 Å². The molecule has 4 nitrogen and oxygen atoms in total. The van der Waals surface area contributed by atoms with Gasteiger partial charge in [-0.3, -0.25) is 4.79 Å². The second-order valence-corrected chi connectivity index (χ2v) is 4.14. The van der Waals surface area contributed by atoms with Gasteiger partial charge in [-0.15, -0.1) is 0 Å². The monoisotopic (exact) mass is 214 g/mol. The largest absolute Gasteiger partial charge is 0.372 e. The Bertz CT molecular complexity index is 209. The number of nitrogens with zero attached hydrogens (tertiary/aromatic N) is 1. The molecule has 1 amide bonds. The van der Waals surface area contributed by atoms with E-state index in [1.54, 1.807) is 14.0 Å². The first kappa shape index (κ1) is 12.5. The highest BCUT2D eigenvalue weighted by Crippen LogP contribution is 2.22. The van der Waals surface area contributed by atoms with Crippen LogP contribution in [0.15, 0.2) is 0 Å². The summed E-state index contributed by atoms with van der Waals surface area (Å²) in [6.45, 7) is 3.39. The zero-order valence-electron chi connectivity index (χ0n) is 9.74. The number of rotatable bonds is 5. The Balaban J connectivity index is 2.48. The standard InChI is InChI=1S/C11H22N2O2/c1-9(15-2)11(14)13-8-4-6-10(13)5-3-7-12/h9-10H,3-8,12H2,1-2H3. The Morgan fingerprint density at radius 2 is 2.40 bits per heavy atom. The molecule has 0 aromatic rings. The van der Waals surface area contributed by atoms with E-state index in [0.717, 1.165) is 32.2 Å². The van der Waals surface area contributed by atoms with Crippen LogP contribution in [0.4, 0.5) is 0 Å². The van der Waals surface area contributed by atoms with Crippen molar-refractivity contribution in [3.63, 3.8) is 0 Å². The molecule has 1 fully saturated rings. The number of carbonyl (C=O) groups is 1. The van der Waals surface area contributed by atoms with E-state index in [1.165, 1.54) is 0 Å². The summed E-state index contributed by atoms with van der Waals surface area (Å²) in [6.07, 6.45) is 3.93. The number of nitrogens with two attached hydrogens (primary N) is 1. The van der Waals surface area contributed by atoms with Crippen molar-refractivity contribution in [2.75, 3.05) is 20.2 Å². The van der Waals surface area contributed by atoms with Gasteiger partial charge in [-0.2, -0.15) is 0 Å². The third-order valence-corrected chi connectivity index (χ3v) is 3.10. The van der Waals surface area contributed by atoms with Crippen LogP contribution in [0.1, 0.15) is 32.6 Å². The lowest BCUT2D eigenvalue weighted by atomic mass is 10.1. The van der Waals surface area contributed by atoms with Crippen LogP contribution < -0.4 is 5.73 Å². The van der Waals surface area contributed by atoms with Gasteiger partial charge in [-0.05, 0) is 39.2 Å². The lowest BCUT2D eigenvalue weighted by Crippen LogP contribution is -2.41. The number of hydrogen-bond acceptors (Lipinski definition) is 3. The molecule has 88 valence electrons. The quantitative estimate of drug-likeness (QED) is 0.735. The van der Waals surface area contributed by atoms with Crippen LogP contribution in [0.3, 0.4) is 0 Å². The number of likely N-dealkylation sites (tertiary alicyclic amines) is 1. The summed E-state index contributed by atoms with van der Waals surface area (Å²) in [4.78, 5) is 13.9. The molecule has 0 aromatic heterocycles. The predicted octanol–water partition coefficient (Wildman–Crippen LogP) is 0.751. The van der Waals surface area contributed by atoms with E-state index >= 15 is 0 Å². The molecule has 1 aliphatic rings. The van der Waals surface area contributed by atoms with E-state index in [9.17, 15) is 4.79 Å². The number of hydrogen-bond donors (Lipinski definition) is 1. The highest BCUT2D eigenvalue weighted by atomic mass is 16.5. The third-order valence-electron chi connectivity index (χ3n) is 3.10. The molecule has 0 saturated carbocycles. The van der Waals surface area contributed by atoms with E-state index in [-0.39, 0.29) is 12.0 Å². The highest BCUT2D eigenvalue weighted by molar-refractivity contribution is 5.81. The van der Waals surface area contributed by atoms with Crippen LogP contribution in [-0.2, 0) is 9.53 Å².